The highest BCUT2D eigenvalue weighted by Gasteiger charge is 2.25. The molecular formula is C13H24N2O3. The first-order valence-corrected chi connectivity index (χ1v) is 6.89. The van der Waals surface area contributed by atoms with Crippen LogP contribution in [0, 0.1) is 0 Å². The molecule has 0 aliphatic carbocycles. The molecule has 0 radical (unpaired) electrons. The monoisotopic (exact) mass is 256 g/mol. The van der Waals surface area contributed by atoms with E-state index in [0.717, 1.165) is 25.9 Å². The maximum Gasteiger partial charge on any atom is 0.236 e. The van der Waals surface area contributed by atoms with E-state index in [1.165, 1.54) is 0 Å². The second kappa shape index (κ2) is 6.50. The molecule has 5 heteroatoms. The third-order valence-corrected chi connectivity index (χ3v) is 3.60. The molecule has 18 heavy (non-hydrogen) atoms. The van der Waals surface area contributed by atoms with Gasteiger partial charge in [-0.3, -0.25) is 4.79 Å². The summed E-state index contributed by atoms with van der Waals surface area (Å²) in [5.74, 6) is 0.185. The van der Waals surface area contributed by atoms with Crippen molar-refractivity contribution in [1.29, 1.82) is 0 Å². The largest absolute Gasteiger partial charge is 0.378 e. The smallest absolute Gasteiger partial charge is 0.236 e. The number of ether oxygens (including phenoxy) is 2. The van der Waals surface area contributed by atoms with Gasteiger partial charge in [0.15, 0.2) is 0 Å². The van der Waals surface area contributed by atoms with Crippen molar-refractivity contribution in [3.63, 3.8) is 0 Å². The van der Waals surface area contributed by atoms with Crippen molar-refractivity contribution in [3.8, 4) is 0 Å². The summed E-state index contributed by atoms with van der Waals surface area (Å²) in [6.45, 7) is 7.39. The van der Waals surface area contributed by atoms with Crippen molar-refractivity contribution < 1.29 is 14.3 Å². The summed E-state index contributed by atoms with van der Waals surface area (Å²) >= 11 is 0. The summed E-state index contributed by atoms with van der Waals surface area (Å²) in [5.41, 5.74) is 0. The molecule has 2 rings (SSSR count). The first kappa shape index (κ1) is 13.8. The Bertz CT molecular complexity index is 269. The third-order valence-electron chi connectivity index (χ3n) is 3.60. The maximum atomic E-state index is 12.0. The van der Waals surface area contributed by atoms with E-state index in [-0.39, 0.29) is 18.1 Å². The molecule has 0 saturated carbocycles. The lowest BCUT2D eigenvalue weighted by atomic mass is 10.00. The molecule has 1 amide bonds. The van der Waals surface area contributed by atoms with Gasteiger partial charge in [0.05, 0.1) is 32.0 Å². The molecule has 1 N–H and O–H groups in total. The van der Waals surface area contributed by atoms with Gasteiger partial charge in [0, 0.05) is 19.1 Å². The Morgan fingerprint density at radius 3 is 2.44 bits per heavy atom. The van der Waals surface area contributed by atoms with E-state index in [0.29, 0.717) is 25.8 Å². The first-order valence-electron chi connectivity index (χ1n) is 6.89. The molecule has 2 aliphatic rings. The van der Waals surface area contributed by atoms with Crippen molar-refractivity contribution in [2.75, 3.05) is 32.8 Å². The molecule has 104 valence electrons. The number of hydrogen-bond acceptors (Lipinski definition) is 4. The number of morpholine rings is 1. The van der Waals surface area contributed by atoms with Gasteiger partial charge in [-0.15, -0.1) is 0 Å². The third kappa shape index (κ3) is 3.93. The Labute approximate surface area is 109 Å². The molecule has 2 unspecified atom stereocenters. The van der Waals surface area contributed by atoms with Crippen LogP contribution in [0.15, 0.2) is 0 Å². The van der Waals surface area contributed by atoms with Crippen LogP contribution in [0.25, 0.3) is 0 Å². The molecule has 5 nitrogen and oxygen atoms in total. The minimum Gasteiger partial charge on any atom is -0.378 e. The SMILES string of the molecule is CC1CC(NCC(=O)N2CCOCC2)CC(C)O1. The van der Waals surface area contributed by atoms with Crippen molar-refractivity contribution in [1.82, 2.24) is 10.2 Å². The number of amides is 1. The molecular weight excluding hydrogens is 232 g/mol. The summed E-state index contributed by atoms with van der Waals surface area (Å²) in [5, 5.41) is 3.37. The van der Waals surface area contributed by atoms with Gasteiger partial charge < -0.3 is 19.7 Å². The maximum absolute atomic E-state index is 12.0. The molecule has 2 saturated heterocycles. The average Bonchev–Trinajstić information content (AvgIpc) is 2.36. The van der Waals surface area contributed by atoms with Gasteiger partial charge in [0.25, 0.3) is 0 Å². The van der Waals surface area contributed by atoms with Crippen molar-refractivity contribution in [2.24, 2.45) is 0 Å². The molecule has 2 fully saturated rings. The second-order valence-corrected chi connectivity index (χ2v) is 5.30. The molecule has 2 atom stereocenters. The summed E-state index contributed by atoms with van der Waals surface area (Å²) in [4.78, 5) is 13.9. The Kier molecular flexibility index (Phi) is 4.97. The summed E-state index contributed by atoms with van der Waals surface area (Å²) in [6.07, 6.45) is 2.54. The van der Waals surface area contributed by atoms with Crippen molar-refractivity contribution in [3.05, 3.63) is 0 Å². The Balaban J connectivity index is 1.71. The fourth-order valence-electron chi connectivity index (χ4n) is 2.73. The van der Waals surface area contributed by atoms with Gasteiger partial charge in [-0.2, -0.15) is 0 Å². The van der Waals surface area contributed by atoms with Gasteiger partial charge >= 0.3 is 0 Å². The minimum atomic E-state index is 0.185. The normalized spacial score (nSPS) is 33.4. The molecule has 0 aromatic heterocycles. The Morgan fingerprint density at radius 1 is 1.22 bits per heavy atom. The van der Waals surface area contributed by atoms with Crippen LogP contribution in [0.2, 0.25) is 0 Å². The van der Waals surface area contributed by atoms with Gasteiger partial charge in [-0.1, -0.05) is 0 Å². The predicted octanol–water partition coefficient (Wildman–Crippen LogP) is 0.391. The Hall–Kier alpha value is -0.650. The summed E-state index contributed by atoms with van der Waals surface area (Å²) in [6, 6.07) is 0.397. The second-order valence-electron chi connectivity index (χ2n) is 5.30. The lowest BCUT2D eigenvalue weighted by Gasteiger charge is -2.33. The van der Waals surface area contributed by atoms with Gasteiger partial charge in [-0.25, -0.2) is 0 Å². The number of rotatable bonds is 3. The first-order chi connectivity index (χ1) is 8.65. The minimum absolute atomic E-state index is 0.185. The van der Waals surface area contributed by atoms with Gasteiger partial charge in [0.2, 0.25) is 5.91 Å². The number of hydrogen-bond donors (Lipinski definition) is 1. The number of nitrogens with zero attached hydrogens (tertiary/aromatic N) is 1. The zero-order valence-corrected chi connectivity index (χ0v) is 11.4. The molecule has 0 aromatic rings. The van der Waals surface area contributed by atoms with Crippen LogP contribution in [0.3, 0.4) is 0 Å². The van der Waals surface area contributed by atoms with Crippen molar-refractivity contribution in [2.45, 2.75) is 44.9 Å². The van der Waals surface area contributed by atoms with Crippen LogP contribution in [-0.2, 0) is 14.3 Å². The zero-order chi connectivity index (χ0) is 13.0. The number of carbonyl (C=O) groups is 1. The molecule has 2 heterocycles. The molecule has 2 aliphatic heterocycles. The molecule has 0 bridgehead atoms. The lowest BCUT2D eigenvalue weighted by Crippen LogP contribution is -2.48. The standard InChI is InChI=1S/C13H24N2O3/c1-10-7-12(8-11(2)18-10)14-9-13(16)15-3-5-17-6-4-15/h10-12,14H,3-9H2,1-2H3. The molecule has 0 spiro atoms. The van der Waals surface area contributed by atoms with E-state index < -0.39 is 0 Å². The number of carbonyl (C=O) groups excluding carboxylic acids is 1. The van der Waals surface area contributed by atoms with E-state index in [9.17, 15) is 4.79 Å². The number of nitrogens with one attached hydrogen (secondary N) is 1. The fourth-order valence-corrected chi connectivity index (χ4v) is 2.73. The quantitative estimate of drug-likeness (QED) is 0.793. The van der Waals surface area contributed by atoms with E-state index >= 15 is 0 Å². The van der Waals surface area contributed by atoms with Crippen LogP contribution in [-0.4, -0.2) is 61.9 Å². The Morgan fingerprint density at radius 2 is 1.83 bits per heavy atom. The van der Waals surface area contributed by atoms with E-state index in [1.807, 2.05) is 4.90 Å². The van der Waals surface area contributed by atoms with Crippen LogP contribution < -0.4 is 5.32 Å². The predicted molar refractivity (Wildman–Crippen MR) is 68.4 cm³/mol. The van der Waals surface area contributed by atoms with Crippen LogP contribution in [0.4, 0.5) is 0 Å². The van der Waals surface area contributed by atoms with Gasteiger partial charge in [0.1, 0.15) is 0 Å². The lowest BCUT2D eigenvalue weighted by molar-refractivity contribution is -0.134. The highest BCUT2D eigenvalue weighted by molar-refractivity contribution is 5.78. The van der Waals surface area contributed by atoms with Crippen LogP contribution >= 0.6 is 0 Å². The summed E-state index contributed by atoms with van der Waals surface area (Å²) in [7, 11) is 0. The highest BCUT2D eigenvalue weighted by Crippen LogP contribution is 2.18. The fraction of sp³-hybridized carbons (Fsp3) is 0.923. The highest BCUT2D eigenvalue weighted by atomic mass is 16.5. The summed E-state index contributed by atoms with van der Waals surface area (Å²) < 4.78 is 10.9. The van der Waals surface area contributed by atoms with Crippen LogP contribution in [0.1, 0.15) is 26.7 Å². The van der Waals surface area contributed by atoms with E-state index in [2.05, 4.69) is 19.2 Å². The average molecular weight is 256 g/mol. The van der Waals surface area contributed by atoms with Crippen LogP contribution in [0.5, 0.6) is 0 Å². The molecule has 0 aromatic carbocycles. The van der Waals surface area contributed by atoms with E-state index in [1.54, 1.807) is 0 Å². The van der Waals surface area contributed by atoms with Crippen molar-refractivity contribution >= 4 is 5.91 Å². The van der Waals surface area contributed by atoms with E-state index in [4.69, 9.17) is 9.47 Å². The topological polar surface area (TPSA) is 50.8 Å². The zero-order valence-electron chi connectivity index (χ0n) is 11.4. The van der Waals surface area contributed by atoms with Gasteiger partial charge in [-0.05, 0) is 26.7 Å².